The first-order chi connectivity index (χ1) is 11.0. The number of aryl methyl sites for hydroxylation is 2. The number of carbonyl (C=O) groups excluding carboxylic acids is 1. The minimum absolute atomic E-state index is 0.0298. The van der Waals surface area contributed by atoms with E-state index < -0.39 is 0 Å². The Balaban J connectivity index is 1.71. The molecule has 3 rings (SSSR count). The molecule has 23 heavy (non-hydrogen) atoms. The lowest BCUT2D eigenvalue weighted by atomic mass is 10.1. The summed E-state index contributed by atoms with van der Waals surface area (Å²) < 4.78 is 0. The van der Waals surface area contributed by atoms with Gasteiger partial charge >= 0.3 is 0 Å². The summed E-state index contributed by atoms with van der Waals surface area (Å²) >= 11 is 1.88. The number of hydrogen-bond acceptors (Lipinski definition) is 3. The quantitative estimate of drug-likeness (QED) is 0.915. The molecule has 1 N–H and O–H groups in total. The Morgan fingerprint density at radius 3 is 2.78 bits per heavy atom. The first kappa shape index (κ1) is 15.9. The maximum atomic E-state index is 12.4. The van der Waals surface area contributed by atoms with Crippen molar-refractivity contribution in [2.45, 2.75) is 30.9 Å². The third-order valence-electron chi connectivity index (χ3n) is 4.14. The van der Waals surface area contributed by atoms with E-state index in [1.807, 2.05) is 36.0 Å². The predicted molar refractivity (Wildman–Crippen MR) is 98.5 cm³/mol. The fourth-order valence-corrected chi connectivity index (χ4v) is 3.99. The van der Waals surface area contributed by atoms with Crippen LogP contribution in [0.3, 0.4) is 0 Å². The maximum absolute atomic E-state index is 12.4. The lowest BCUT2D eigenvalue weighted by Crippen LogP contribution is -2.39. The van der Waals surface area contributed by atoms with E-state index in [1.165, 1.54) is 16.0 Å². The zero-order valence-corrected chi connectivity index (χ0v) is 14.6. The number of hydrogen-bond donors (Lipinski definition) is 1. The number of rotatable bonds is 3. The fourth-order valence-electron chi connectivity index (χ4n) is 2.82. The van der Waals surface area contributed by atoms with E-state index in [9.17, 15) is 4.79 Å². The van der Waals surface area contributed by atoms with Gasteiger partial charge in [-0.05, 0) is 49.2 Å². The second-order valence-electron chi connectivity index (χ2n) is 6.12. The average molecular weight is 326 g/mol. The van der Waals surface area contributed by atoms with Gasteiger partial charge in [0.25, 0.3) is 0 Å². The van der Waals surface area contributed by atoms with Gasteiger partial charge in [-0.1, -0.05) is 25.1 Å². The summed E-state index contributed by atoms with van der Waals surface area (Å²) in [6.45, 7) is 7.61. The van der Waals surface area contributed by atoms with Crippen molar-refractivity contribution in [2.75, 3.05) is 23.3 Å². The van der Waals surface area contributed by atoms with Gasteiger partial charge in [0.2, 0.25) is 5.91 Å². The van der Waals surface area contributed by atoms with E-state index in [0.717, 1.165) is 17.9 Å². The van der Waals surface area contributed by atoms with Crippen molar-refractivity contribution in [3.05, 3.63) is 53.6 Å². The number of fused-ring (bicyclic) bond motifs is 1. The standard InChI is InChI=1S/C19H22N2OS/c1-13-8-9-16(10-14(13)2)20-19(22)12-21-11-15(3)23-18-7-5-4-6-17(18)21/h4-10,15H,11-12H2,1-3H3,(H,20,22)/t15-/m0/s1. The van der Waals surface area contributed by atoms with Crippen LogP contribution in [0.25, 0.3) is 0 Å². The molecule has 0 spiro atoms. The van der Waals surface area contributed by atoms with Crippen LogP contribution in [0.5, 0.6) is 0 Å². The van der Waals surface area contributed by atoms with Gasteiger partial charge in [-0.15, -0.1) is 11.8 Å². The minimum atomic E-state index is 0.0298. The van der Waals surface area contributed by atoms with Crippen LogP contribution in [0, 0.1) is 13.8 Å². The highest BCUT2D eigenvalue weighted by Crippen LogP contribution is 2.37. The summed E-state index contributed by atoms with van der Waals surface area (Å²) in [7, 11) is 0. The molecular weight excluding hydrogens is 304 g/mol. The molecule has 0 aliphatic carbocycles. The van der Waals surface area contributed by atoms with Crippen molar-refractivity contribution >= 4 is 29.0 Å². The second-order valence-corrected chi connectivity index (χ2v) is 7.60. The van der Waals surface area contributed by atoms with Crippen molar-refractivity contribution in [3.8, 4) is 0 Å². The fraction of sp³-hybridized carbons (Fsp3) is 0.316. The van der Waals surface area contributed by atoms with E-state index >= 15 is 0 Å². The van der Waals surface area contributed by atoms with Gasteiger partial charge < -0.3 is 10.2 Å². The summed E-state index contributed by atoms with van der Waals surface area (Å²) in [5.74, 6) is 0.0298. The monoisotopic (exact) mass is 326 g/mol. The highest BCUT2D eigenvalue weighted by atomic mass is 32.2. The molecule has 0 fully saturated rings. The van der Waals surface area contributed by atoms with E-state index in [-0.39, 0.29) is 5.91 Å². The Morgan fingerprint density at radius 1 is 1.22 bits per heavy atom. The van der Waals surface area contributed by atoms with Crippen LogP contribution >= 0.6 is 11.8 Å². The van der Waals surface area contributed by atoms with E-state index in [1.54, 1.807) is 0 Å². The van der Waals surface area contributed by atoms with Crippen molar-refractivity contribution in [1.29, 1.82) is 0 Å². The molecule has 2 aromatic rings. The molecule has 0 radical (unpaired) electrons. The molecule has 0 saturated carbocycles. The molecule has 1 atom stereocenters. The van der Waals surface area contributed by atoms with Gasteiger partial charge in [-0.25, -0.2) is 0 Å². The number of para-hydroxylation sites is 1. The van der Waals surface area contributed by atoms with Gasteiger partial charge in [0.15, 0.2) is 0 Å². The summed E-state index contributed by atoms with van der Waals surface area (Å²) in [6.07, 6.45) is 0. The number of anilines is 2. The normalized spacial score (nSPS) is 16.8. The van der Waals surface area contributed by atoms with Gasteiger partial charge in [0.1, 0.15) is 0 Å². The lowest BCUT2D eigenvalue weighted by molar-refractivity contribution is -0.115. The molecule has 0 saturated heterocycles. The largest absolute Gasteiger partial charge is 0.360 e. The molecule has 1 aliphatic heterocycles. The van der Waals surface area contributed by atoms with Gasteiger partial charge in [-0.3, -0.25) is 4.79 Å². The maximum Gasteiger partial charge on any atom is 0.243 e. The van der Waals surface area contributed by atoms with Gasteiger partial charge in [0, 0.05) is 22.4 Å². The van der Waals surface area contributed by atoms with Crippen LogP contribution in [-0.4, -0.2) is 24.2 Å². The summed E-state index contributed by atoms with van der Waals surface area (Å²) in [5.41, 5.74) is 4.45. The molecule has 3 nitrogen and oxygen atoms in total. The topological polar surface area (TPSA) is 32.3 Å². The van der Waals surface area contributed by atoms with Crippen molar-refractivity contribution < 1.29 is 4.79 Å². The Labute approximate surface area is 142 Å². The molecule has 4 heteroatoms. The molecular formula is C19H22N2OS. The zero-order chi connectivity index (χ0) is 16.4. The molecule has 0 bridgehead atoms. The number of thioether (sulfide) groups is 1. The average Bonchev–Trinajstić information content (AvgIpc) is 2.51. The Kier molecular flexibility index (Phi) is 4.62. The molecule has 0 unspecified atom stereocenters. The molecule has 2 aromatic carbocycles. The lowest BCUT2D eigenvalue weighted by Gasteiger charge is -2.33. The predicted octanol–water partition coefficient (Wildman–Crippen LogP) is 4.24. The third-order valence-corrected chi connectivity index (χ3v) is 5.29. The van der Waals surface area contributed by atoms with Crippen LogP contribution in [0.15, 0.2) is 47.4 Å². The van der Waals surface area contributed by atoms with E-state index in [4.69, 9.17) is 0 Å². The Hall–Kier alpha value is -1.94. The van der Waals surface area contributed by atoms with E-state index in [0.29, 0.717) is 11.8 Å². The molecule has 120 valence electrons. The van der Waals surface area contributed by atoms with Crippen LogP contribution in [0.4, 0.5) is 11.4 Å². The van der Waals surface area contributed by atoms with Crippen molar-refractivity contribution in [2.24, 2.45) is 0 Å². The highest BCUT2D eigenvalue weighted by Gasteiger charge is 2.23. The van der Waals surface area contributed by atoms with Crippen LogP contribution in [0.1, 0.15) is 18.1 Å². The number of nitrogens with one attached hydrogen (secondary N) is 1. The summed E-state index contributed by atoms with van der Waals surface area (Å²) in [6, 6.07) is 14.3. The first-order valence-electron chi connectivity index (χ1n) is 7.90. The van der Waals surface area contributed by atoms with Crippen LogP contribution in [-0.2, 0) is 4.79 Å². The van der Waals surface area contributed by atoms with E-state index in [2.05, 4.69) is 49.2 Å². The number of amides is 1. The summed E-state index contributed by atoms with van der Waals surface area (Å²) in [5, 5.41) is 3.50. The number of carbonyl (C=O) groups is 1. The van der Waals surface area contributed by atoms with Gasteiger partial charge in [0.05, 0.1) is 12.2 Å². The smallest absolute Gasteiger partial charge is 0.243 e. The minimum Gasteiger partial charge on any atom is -0.360 e. The molecule has 0 aromatic heterocycles. The molecule has 1 heterocycles. The molecule has 1 aliphatic rings. The number of nitrogens with zero attached hydrogens (tertiary/aromatic N) is 1. The second kappa shape index (κ2) is 6.67. The molecule has 1 amide bonds. The van der Waals surface area contributed by atoms with Crippen molar-refractivity contribution in [1.82, 2.24) is 0 Å². The van der Waals surface area contributed by atoms with Crippen LogP contribution in [0.2, 0.25) is 0 Å². The third kappa shape index (κ3) is 3.70. The number of benzene rings is 2. The zero-order valence-electron chi connectivity index (χ0n) is 13.8. The SMILES string of the molecule is Cc1ccc(NC(=O)CN2C[C@H](C)Sc3ccccc32)cc1C. The Bertz CT molecular complexity index is 729. The van der Waals surface area contributed by atoms with Crippen molar-refractivity contribution in [3.63, 3.8) is 0 Å². The highest BCUT2D eigenvalue weighted by molar-refractivity contribution is 8.00. The van der Waals surface area contributed by atoms with Gasteiger partial charge in [-0.2, -0.15) is 0 Å². The Morgan fingerprint density at radius 2 is 2.00 bits per heavy atom. The van der Waals surface area contributed by atoms with Crippen LogP contribution < -0.4 is 10.2 Å². The summed E-state index contributed by atoms with van der Waals surface area (Å²) in [4.78, 5) is 15.9. The first-order valence-corrected chi connectivity index (χ1v) is 8.78.